The molecule has 11 rings (SSSR count). The molecular formula is C52H34N2S. The van der Waals surface area contributed by atoms with Gasteiger partial charge in [-0.3, -0.25) is 0 Å². The Labute approximate surface area is 323 Å². The summed E-state index contributed by atoms with van der Waals surface area (Å²) >= 11 is 1.87. The van der Waals surface area contributed by atoms with Crippen molar-refractivity contribution in [1.82, 2.24) is 0 Å². The fourth-order valence-electron chi connectivity index (χ4n) is 8.48. The first kappa shape index (κ1) is 31.6. The highest BCUT2D eigenvalue weighted by atomic mass is 32.1. The number of hydrogen-bond donors (Lipinski definition) is 0. The maximum atomic E-state index is 2.41. The summed E-state index contributed by atoms with van der Waals surface area (Å²) in [5, 5.41) is 10.1. The van der Waals surface area contributed by atoms with Gasteiger partial charge in [0, 0.05) is 59.1 Å². The van der Waals surface area contributed by atoms with Crippen LogP contribution in [-0.2, 0) is 0 Å². The average Bonchev–Trinajstić information content (AvgIpc) is 3.63. The zero-order valence-corrected chi connectivity index (χ0v) is 30.7. The van der Waals surface area contributed by atoms with E-state index in [4.69, 9.17) is 0 Å². The van der Waals surface area contributed by atoms with Crippen LogP contribution in [0.3, 0.4) is 0 Å². The van der Waals surface area contributed by atoms with E-state index in [0.717, 1.165) is 34.1 Å². The third-order valence-electron chi connectivity index (χ3n) is 10.9. The predicted octanol–water partition coefficient (Wildman–Crippen LogP) is 15.6. The average molecular weight is 719 g/mol. The van der Waals surface area contributed by atoms with Crippen LogP contribution in [0.4, 0.5) is 34.1 Å². The summed E-state index contributed by atoms with van der Waals surface area (Å²) < 4.78 is 2.65. The monoisotopic (exact) mass is 718 g/mol. The molecule has 0 saturated carbocycles. The van der Waals surface area contributed by atoms with E-state index in [1.807, 2.05) is 11.3 Å². The fraction of sp³-hybridized carbons (Fsp3) is 0. The van der Waals surface area contributed by atoms with Crippen LogP contribution in [0.15, 0.2) is 206 Å². The highest BCUT2D eigenvalue weighted by molar-refractivity contribution is 7.25. The molecule has 0 atom stereocenters. The fourth-order valence-corrected chi connectivity index (χ4v) is 9.57. The summed E-state index contributed by atoms with van der Waals surface area (Å²) in [6, 6.07) is 75.2. The van der Waals surface area contributed by atoms with Crippen LogP contribution in [0.1, 0.15) is 0 Å². The highest BCUT2D eigenvalue weighted by Gasteiger charge is 2.24. The summed E-state index contributed by atoms with van der Waals surface area (Å²) in [5.74, 6) is 0. The number of thiophene rings is 1. The van der Waals surface area contributed by atoms with Crippen LogP contribution >= 0.6 is 11.3 Å². The molecule has 0 bridgehead atoms. The third kappa shape index (κ3) is 5.24. The second-order valence-corrected chi connectivity index (χ2v) is 15.2. The Bertz CT molecular complexity index is 2910. The molecule has 2 nitrogen and oxygen atoms in total. The predicted molar refractivity (Wildman–Crippen MR) is 238 cm³/mol. The van der Waals surface area contributed by atoms with Gasteiger partial charge in [0.15, 0.2) is 0 Å². The largest absolute Gasteiger partial charge is 0.310 e. The van der Waals surface area contributed by atoms with E-state index in [0.29, 0.717) is 0 Å². The maximum Gasteiger partial charge on any atom is 0.0561 e. The van der Waals surface area contributed by atoms with Crippen molar-refractivity contribution < 1.29 is 0 Å². The van der Waals surface area contributed by atoms with Gasteiger partial charge in [0.25, 0.3) is 0 Å². The molecule has 11 aromatic rings. The molecule has 0 aliphatic carbocycles. The molecule has 258 valence electrons. The van der Waals surface area contributed by atoms with Gasteiger partial charge < -0.3 is 9.80 Å². The maximum absolute atomic E-state index is 2.41. The molecule has 3 heteroatoms. The van der Waals surface area contributed by atoms with E-state index in [-0.39, 0.29) is 0 Å². The number of fused-ring (bicyclic) bond motifs is 3. The summed E-state index contributed by atoms with van der Waals surface area (Å²) in [6.07, 6.45) is 0. The minimum absolute atomic E-state index is 1.11. The molecule has 0 saturated heterocycles. The quantitative estimate of drug-likeness (QED) is 0.151. The van der Waals surface area contributed by atoms with E-state index in [2.05, 4.69) is 216 Å². The smallest absolute Gasteiger partial charge is 0.0561 e. The molecule has 55 heavy (non-hydrogen) atoms. The molecule has 0 N–H and O–H groups in total. The zero-order valence-electron chi connectivity index (χ0n) is 29.9. The molecule has 1 heterocycles. The lowest BCUT2D eigenvalue weighted by Crippen LogP contribution is -2.14. The molecule has 0 aliphatic heterocycles. The van der Waals surface area contributed by atoms with Gasteiger partial charge in [-0.05, 0) is 112 Å². The summed E-state index contributed by atoms with van der Waals surface area (Å²) in [5.41, 5.74) is 9.17. The van der Waals surface area contributed by atoms with Crippen LogP contribution in [-0.4, -0.2) is 0 Å². The Hall–Kier alpha value is -6.94. The van der Waals surface area contributed by atoms with E-state index in [9.17, 15) is 0 Å². The minimum Gasteiger partial charge on any atom is -0.310 e. The number of rotatable bonds is 7. The number of anilines is 6. The second kappa shape index (κ2) is 12.9. The summed E-state index contributed by atoms with van der Waals surface area (Å²) in [7, 11) is 0. The Balaban J connectivity index is 1.22. The van der Waals surface area contributed by atoms with Crippen molar-refractivity contribution in [3.63, 3.8) is 0 Å². The molecule has 1 aromatic heterocycles. The Morgan fingerprint density at radius 2 is 0.745 bits per heavy atom. The van der Waals surface area contributed by atoms with Crippen molar-refractivity contribution in [2.75, 3.05) is 9.80 Å². The van der Waals surface area contributed by atoms with Crippen LogP contribution < -0.4 is 9.80 Å². The molecule has 0 spiro atoms. The molecular weight excluding hydrogens is 685 g/mol. The normalized spacial score (nSPS) is 11.6. The molecule has 0 unspecified atom stereocenters. The van der Waals surface area contributed by atoms with E-state index >= 15 is 0 Å². The number of hydrogen-bond acceptors (Lipinski definition) is 3. The lowest BCUT2D eigenvalue weighted by molar-refractivity contribution is 1.27. The van der Waals surface area contributed by atoms with E-state index in [1.54, 1.807) is 0 Å². The van der Waals surface area contributed by atoms with Gasteiger partial charge in [-0.25, -0.2) is 0 Å². The van der Waals surface area contributed by atoms with E-state index in [1.165, 1.54) is 63.6 Å². The Morgan fingerprint density at radius 1 is 0.291 bits per heavy atom. The Morgan fingerprint density at radius 3 is 1.25 bits per heavy atom. The van der Waals surface area contributed by atoms with Gasteiger partial charge in [-0.2, -0.15) is 0 Å². The van der Waals surface area contributed by atoms with Gasteiger partial charge in [0.05, 0.1) is 11.4 Å². The van der Waals surface area contributed by atoms with Gasteiger partial charge in [0.1, 0.15) is 0 Å². The number of benzene rings is 10. The molecule has 0 amide bonds. The number of nitrogens with zero attached hydrogens (tertiary/aromatic N) is 2. The van der Waals surface area contributed by atoms with Gasteiger partial charge in [-0.15, -0.1) is 11.3 Å². The summed E-state index contributed by atoms with van der Waals surface area (Å²) in [4.78, 5) is 4.82. The van der Waals surface area contributed by atoms with Crippen LogP contribution in [0.5, 0.6) is 0 Å². The Kier molecular flexibility index (Phi) is 7.39. The van der Waals surface area contributed by atoms with Crippen molar-refractivity contribution in [1.29, 1.82) is 0 Å². The SMILES string of the molecule is c1ccc(N(c2ccccc2)c2cc(N(c3ccccc3)c3ccccc3)c3ccc4cc(-c5ccc6sc7ccccc7c6c5)cc5ccc2c3c54)cc1. The highest BCUT2D eigenvalue weighted by Crippen LogP contribution is 2.50. The van der Waals surface area contributed by atoms with Crippen molar-refractivity contribution in [3.05, 3.63) is 206 Å². The molecule has 10 aromatic carbocycles. The first-order valence-electron chi connectivity index (χ1n) is 18.8. The summed E-state index contributed by atoms with van der Waals surface area (Å²) in [6.45, 7) is 0. The lowest BCUT2D eigenvalue weighted by atomic mass is 9.89. The van der Waals surface area contributed by atoms with E-state index < -0.39 is 0 Å². The van der Waals surface area contributed by atoms with Gasteiger partial charge in [0.2, 0.25) is 0 Å². The van der Waals surface area contributed by atoms with Gasteiger partial charge >= 0.3 is 0 Å². The van der Waals surface area contributed by atoms with Crippen molar-refractivity contribution in [2.45, 2.75) is 0 Å². The van der Waals surface area contributed by atoms with Crippen molar-refractivity contribution >= 4 is 98.0 Å². The lowest BCUT2D eigenvalue weighted by Gasteiger charge is -2.32. The van der Waals surface area contributed by atoms with Crippen molar-refractivity contribution in [2.24, 2.45) is 0 Å². The molecule has 0 aliphatic rings. The standard InChI is InChI=1S/C52H34N2S/c1-5-15-39(16-6-1)53(40-17-7-2-8-18-40)47-34-48(54(41-19-9-3-10-20-41)42-21-11-4-12-22-42)45-29-26-37-32-38(31-36-25-28-44(47)52(45)51(36)37)35-27-30-50-46(33-35)43-23-13-14-24-49(43)55-50/h1-34H. The molecule has 0 fully saturated rings. The second-order valence-electron chi connectivity index (χ2n) is 14.1. The number of para-hydroxylation sites is 4. The van der Waals surface area contributed by atoms with Crippen LogP contribution in [0.25, 0.3) is 63.6 Å². The van der Waals surface area contributed by atoms with Crippen LogP contribution in [0.2, 0.25) is 0 Å². The van der Waals surface area contributed by atoms with Crippen LogP contribution in [0, 0.1) is 0 Å². The zero-order chi connectivity index (χ0) is 36.3. The first-order chi connectivity index (χ1) is 27.3. The topological polar surface area (TPSA) is 6.48 Å². The molecule has 0 radical (unpaired) electrons. The minimum atomic E-state index is 1.11. The van der Waals surface area contributed by atoms with Crippen molar-refractivity contribution in [3.8, 4) is 11.1 Å². The first-order valence-corrected chi connectivity index (χ1v) is 19.6. The third-order valence-corrected chi connectivity index (χ3v) is 12.1. The van der Waals surface area contributed by atoms with Gasteiger partial charge in [-0.1, -0.05) is 121 Å².